The predicted molar refractivity (Wildman–Crippen MR) is 97.4 cm³/mol. The standard InChI is InChI=1S/C16H21N7OS/c1-12(14-3-2-10-25-14)19-16(20-17)13-4-7-22(8-5-13)15(24)11-23-9-6-18-21-23/h2-3,6,9-10,13H,1,4-5,7-8,11,17H2,(H,19,20). The van der Waals surface area contributed by atoms with Gasteiger partial charge in [0.1, 0.15) is 12.4 Å². The molecule has 3 N–H and O–H groups in total. The van der Waals surface area contributed by atoms with Crippen LogP contribution >= 0.6 is 11.3 Å². The molecule has 2 aromatic heterocycles. The first-order valence-corrected chi connectivity index (χ1v) is 8.95. The van der Waals surface area contributed by atoms with Gasteiger partial charge in [0.2, 0.25) is 5.91 Å². The zero-order chi connectivity index (χ0) is 17.6. The number of piperidine rings is 1. The second kappa shape index (κ2) is 8.04. The third-order valence-corrected chi connectivity index (χ3v) is 5.13. The number of hydrogen-bond acceptors (Lipinski definition) is 6. The Bertz CT molecular complexity index is 731. The van der Waals surface area contributed by atoms with E-state index in [0.29, 0.717) is 18.8 Å². The van der Waals surface area contributed by atoms with Crippen LogP contribution in [0.15, 0.2) is 41.5 Å². The number of amides is 1. The van der Waals surface area contributed by atoms with E-state index in [2.05, 4.69) is 27.3 Å². The highest BCUT2D eigenvalue weighted by Gasteiger charge is 2.26. The van der Waals surface area contributed by atoms with E-state index in [1.165, 1.54) is 4.68 Å². The number of thiophene rings is 1. The second-order valence-corrected chi connectivity index (χ2v) is 6.77. The lowest BCUT2D eigenvalue weighted by atomic mass is 9.95. The van der Waals surface area contributed by atoms with Crippen molar-refractivity contribution in [3.8, 4) is 0 Å². The SMILES string of the molecule is C=C(N=C(NN)C1CCN(C(=O)Cn2ccnn2)CC1)c1cccs1. The molecule has 1 aliphatic heterocycles. The molecule has 1 aliphatic rings. The maximum atomic E-state index is 12.3. The van der Waals surface area contributed by atoms with Crippen molar-refractivity contribution in [1.29, 1.82) is 0 Å². The molecule has 0 atom stereocenters. The van der Waals surface area contributed by atoms with Crippen LogP contribution in [0.25, 0.3) is 5.70 Å². The Morgan fingerprint density at radius 3 is 2.88 bits per heavy atom. The van der Waals surface area contributed by atoms with Crippen LogP contribution < -0.4 is 11.3 Å². The highest BCUT2D eigenvalue weighted by atomic mass is 32.1. The van der Waals surface area contributed by atoms with Crippen molar-refractivity contribution in [2.45, 2.75) is 19.4 Å². The van der Waals surface area contributed by atoms with Crippen LogP contribution in [-0.4, -0.2) is 44.7 Å². The largest absolute Gasteiger partial charge is 0.341 e. The van der Waals surface area contributed by atoms with E-state index in [0.717, 1.165) is 23.6 Å². The minimum absolute atomic E-state index is 0.0474. The number of amidine groups is 1. The van der Waals surface area contributed by atoms with Crippen molar-refractivity contribution >= 4 is 28.8 Å². The van der Waals surface area contributed by atoms with E-state index in [4.69, 9.17) is 5.84 Å². The Labute approximate surface area is 150 Å². The minimum atomic E-state index is 0.0474. The number of aliphatic imine (C=N–C) groups is 1. The topological polar surface area (TPSA) is 101 Å². The highest BCUT2D eigenvalue weighted by molar-refractivity contribution is 7.11. The molecule has 1 amide bonds. The number of hydrazine groups is 1. The van der Waals surface area contributed by atoms with Crippen molar-refractivity contribution in [3.63, 3.8) is 0 Å². The number of carbonyl (C=O) groups excluding carboxylic acids is 1. The molecule has 8 nitrogen and oxygen atoms in total. The Balaban J connectivity index is 1.56. The number of carbonyl (C=O) groups is 1. The summed E-state index contributed by atoms with van der Waals surface area (Å²) in [6, 6.07) is 3.95. The number of nitrogens with one attached hydrogen (secondary N) is 1. The Morgan fingerprint density at radius 2 is 2.28 bits per heavy atom. The second-order valence-electron chi connectivity index (χ2n) is 5.82. The van der Waals surface area contributed by atoms with Crippen LogP contribution in [0.1, 0.15) is 17.7 Å². The molecular formula is C16H21N7OS. The van der Waals surface area contributed by atoms with Gasteiger partial charge in [-0.3, -0.25) is 4.79 Å². The molecule has 3 heterocycles. The van der Waals surface area contributed by atoms with E-state index in [1.54, 1.807) is 23.7 Å². The van der Waals surface area contributed by atoms with Gasteiger partial charge in [0, 0.05) is 25.2 Å². The molecule has 0 unspecified atom stereocenters. The molecule has 0 spiro atoms. The van der Waals surface area contributed by atoms with Gasteiger partial charge < -0.3 is 10.3 Å². The molecule has 0 bridgehead atoms. The summed E-state index contributed by atoms with van der Waals surface area (Å²) in [7, 11) is 0. The average molecular weight is 359 g/mol. The van der Waals surface area contributed by atoms with Crippen LogP contribution in [0, 0.1) is 5.92 Å². The molecule has 132 valence electrons. The maximum Gasteiger partial charge on any atom is 0.244 e. The number of rotatable bonds is 5. The van der Waals surface area contributed by atoms with Gasteiger partial charge >= 0.3 is 0 Å². The van der Waals surface area contributed by atoms with Gasteiger partial charge in [-0.25, -0.2) is 15.5 Å². The first-order valence-electron chi connectivity index (χ1n) is 8.07. The summed E-state index contributed by atoms with van der Waals surface area (Å²) in [5, 5.41) is 9.53. The van der Waals surface area contributed by atoms with E-state index < -0.39 is 0 Å². The molecule has 2 aromatic rings. The van der Waals surface area contributed by atoms with Gasteiger partial charge in [0.05, 0.1) is 16.8 Å². The molecule has 0 aromatic carbocycles. The fraction of sp³-hybridized carbons (Fsp3) is 0.375. The molecule has 3 rings (SSSR count). The monoisotopic (exact) mass is 359 g/mol. The molecule has 1 saturated heterocycles. The summed E-state index contributed by atoms with van der Waals surface area (Å²) in [6.07, 6.45) is 4.87. The Morgan fingerprint density at radius 1 is 1.48 bits per heavy atom. The summed E-state index contributed by atoms with van der Waals surface area (Å²) < 4.78 is 1.54. The summed E-state index contributed by atoms with van der Waals surface area (Å²) in [4.78, 5) is 19.7. The van der Waals surface area contributed by atoms with Crippen LogP contribution in [0.4, 0.5) is 0 Å². The van der Waals surface area contributed by atoms with Gasteiger partial charge in [-0.2, -0.15) is 0 Å². The van der Waals surface area contributed by atoms with Crippen molar-refractivity contribution in [3.05, 3.63) is 41.4 Å². The number of nitrogens with zero attached hydrogens (tertiary/aromatic N) is 5. The number of aromatic nitrogens is 3. The van der Waals surface area contributed by atoms with Gasteiger partial charge in [0.25, 0.3) is 0 Å². The zero-order valence-electron chi connectivity index (χ0n) is 13.8. The lowest BCUT2D eigenvalue weighted by Crippen LogP contribution is -2.45. The molecule has 1 fully saturated rings. The maximum absolute atomic E-state index is 12.3. The third-order valence-electron chi connectivity index (χ3n) is 4.21. The summed E-state index contributed by atoms with van der Waals surface area (Å²) >= 11 is 1.59. The third kappa shape index (κ3) is 4.31. The first-order chi connectivity index (χ1) is 12.2. The summed E-state index contributed by atoms with van der Waals surface area (Å²) in [5.74, 6) is 6.64. The smallest absolute Gasteiger partial charge is 0.244 e. The lowest BCUT2D eigenvalue weighted by Gasteiger charge is -2.32. The molecule has 25 heavy (non-hydrogen) atoms. The highest BCUT2D eigenvalue weighted by Crippen LogP contribution is 2.23. The van der Waals surface area contributed by atoms with E-state index in [-0.39, 0.29) is 18.4 Å². The number of nitrogens with two attached hydrogens (primary N) is 1. The minimum Gasteiger partial charge on any atom is -0.341 e. The van der Waals surface area contributed by atoms with E-state index >= 15 is 0 Å². The van der Waals surface area contributed by atoms with Crippen molar-refractivity contribution in [2.24, 2.45) is 16.8 Å². The van der Waals surface area contributed by atoms with Gasteiger partial charge in [-0.15, -0.1) is 16.4 Å². The van der Waals surface area contributed by atoms with Crippen LogP contribution in [0.3, 0.4) is 0 Å². The first kappa shape index (κ1) is 17.3. The molecule has 0 saturated carbocycles. The van der Waals surface area contributed by atoms with E-state index in [1.807, 2.05) is 22.4 Å². The Kier molecular flexibility index (Phi) is 5.56. The van der Waals surface area contributed by atoms with Gasteiger partial charge in [0.15, 0.2) is 0 Å². The van der Waals surface area contributed by atoms with Crippen molar-refractivity contribution in [2.75, 3.05) is 13.1 Å². The van der Waals surface area contributed by atoms with Crippen molar-refractivity contribution in [1.82, 2.24) is 25.3 Å². The predicted octanol–water partition coefficient (Wildman–Crippen LogP) is 1.11. The molecule has 0 radical (unpaired) electrons. The molecular weight excluding hydrogens is 338 g/mol. The van der Waals surface area contributed by atoms with Crippen LogP contribution in [0.5, 0.6) is 0 Å². The summed E-state index contributed by atoms with van der Waals surface area (Å²) in [6.45, 7) is 5.57. The quantitative estimate of drug-likeness (QED) is 0.360. The molecule has 0 aliphatic carbocycles. The van der Waals surface area contributed by atoms with Gasteiger partial charge in [-0.05, 0) is 24.3 Å². The van der Waals surface area contributed by atoms with E-state index in [9.17, 15) is 4.79 Å². The molecule has 9 heteroatoms. The Hall–Kier alpha value is -2.52. The van der Waals surface area contributed by atoms with Gasteiger partial charge in [-0.1, -0.05) is 17.9 Å². The van der Waals surface area contributed by atoms with Crippen LogP contribution in [-0.2, 0) is 11.3 Å². The lowest BCUT2D eigenvalue weighted by molar-refractivity contribution is -0.133. The zero-order valence-corrected chi connectivity index (χ0v) is 14.7. The van der Waals surface area contributed by atoms with Crippen LogP contribution in [0.2, 0.25) is 0 Å². The fourth-order valence-corrected chi connectivity index (χ4v) is 3.49. The number of hydrogen-bond donors (Lipinski definition) is 2. The normalized spacial score (nSPS) is 16.0. The van der Waals surface area contributed by atoms with Crippen molar-refractivity contribution < 1.29 is 4.79 Å². The number of likely N-dealkylation sites (tertiary alicyclic amines) is 1. The summed E-state index contributed by atoms with van der Waals surface area (Å²) in [5.41, 5.74) is 3.41. The average Bonchev–Trinajstić information content (AvgIpc) is 3.33. The fourth-order valence-electron chi connectivity index (χ4n) is 2.84.